The monoisotopic (exact) mass is 216 g/mol. The minimum Gasteiger partial charge on any atom is -0.498 e. The average molecular weight is 216 g/mol. The van der Waals surface area contributed by atoms with Crippen LogP contribution in [0.15, 0.2) is 12.0 Å². The van der Waals surface area contributed by atoms with Gasteiger partial charge in [0.05, 0.1) is 19.1 Å². The standard InChI is InChI=1S/C11H20O4/c1-11(2,3)10(12)15-8-9(14-5)6-7-13-4/h8H,6-7H2,1-5H3. The highest BCUT2D eigenvalue weighted by Gasteiger charge is 2.22. The summed E-state index contributed by atoms with van der Waals surface area (Å²) in [5.41, 5.74) is -0.503. The van der Waals surface area contributed by atoms with Gasteiger partial charge >= 0.3 is 5.97 Å². The van der Waals surface area contributed by atoms with Crippen molar-refractivity contribution in [3.05, 3.63) is 12.0 Å². The molecule has 88 valence electrons. The first kappa shape index (κ1) is 14.0. The molecule has 0 unspecified atom stereocenters. The van der Waals surface area contributed by atoms with Crippen LogP contribution in [0.4, 0.5) is 0 Å². The molecule has 4 nitrogen and oxygen atoms in total. The van der Waals surface area contributed by atoms with E-state index in [0.29, 0.717) is 18.8 Å². The Hall–Kier alpha value is -1.03. The lowest BCUT2D eigenvalue weighted by Gasteiger charge is -2.14. The van der Waals surface area contributed by atoms with Crippen LogP contribution in [-0.4, -0.2) is 26.8 Å². The van der Waals surface area contributed by atoms with Gasteiger partial charge in [-0.2, -0.15) is 0 Å². The van der Waals surface area contributed by atoms with Gasteiger partial charge in [0.2, 0.25) is 0 Å². The molecule has 0 saturated carbocycles. The summed E-state index contributed by atoms with van der Waals surface area (Å²) in [4.78, 5) is 11.4. The van der Waals surface area contributed by atoms with Crippen LogP contribution in [-0.2, 0) is 19.0 Å². The maximum Gasteiger partial charge on any atom is 0.316 e. The van der Waals surface area contributed by atoms with Crippen LogP contribution in [0.25, 0.3) is 0 Å². The topological polar surface area (TPSA) is 44.8 Å². The van der Waals surface area contributed by atoms with Crippen LogP contribution >= 0.6 is 0 Å². The number of methoxy groups -OCH3 is 2. The fourth-order valence-electron chi connectivity index (χ4n) is 0.708. The van der Waals surface area contributed by atoms with E-state index in [1.54, 1.807) is 27.9 Å². The molecule has 0 heterocycles. The van der Waals surface area contributed by atoms with Crippen molar-refractivity contribution in [2.75, 3.05) is 20.8 Å². The van der Waals surface area contributed by atoms with Crippen LogP contribution in [0.2, 0.25) is 0 Å². The summed E-state index contributed by atoms with van der Waals surface area (Å²) in [5, 5.41) is 0. The number of esters is 1. The van der Waals surface area contributed by atoms with Gasteiger partial charge in [0.1, 0.15) is 12.0 Å². The van der Waals surface area contributed by atoms with Gasteiger partial charge < -0.3 is 14.2 Å². The van der Waals surface area contributed by atoms with Gasteiger partial charge in [-0.15, -0.1) is 0 Å². The van der Waals surface area contributed by atoms with Crippen molar-refractivity contribution in [1.82, 2.24) is 0 Å². The van der Waals surface area contributed by atoms with Crippen LogP contribution < -0.4 is 0 Å². The van der Waals surface area contributed by atoms with E-state index in [0.717, 1.165) is 0 Å². The maximum atomic E-state index is 11.4. The van der Waals surface area contributed by atoms with Crippen molar-refractivity contribution in [2.24, 2.45) is 5.41 Å². The molecular weight excluding hydrogens is 196 g/mol. The molecule has 0 spiro atoms. The van der Waals surface area contributed by atoms with E-state index < -0.39 is 5.41 Å². The molecule has 0 aromatic rings. The highest BCUT2D eigenvalue weighted by atomic mass is 16.5. The highest BCUT2D eigenvalue weighted by Crippen LogP contribution is 2.16. The van der Waals surface area contributed by atoms with E-state index in [2.05, 4.69) is 0 Å². The van der Waals surface area contributed by atoms with Gasteiger partial charge in [0, 0.05) is 13.5 Å². The number of ether oxygens (including phenoxy) is 3. The molecule has 0 N–H and O–H groups in total. The number of hydrogen-bond acceptors (Lipinski definition) is 4. The van der Waals surface area contributed by atoms with Crippen LogP contribution in [0.5, 0.6) is 0 Å². The summed E-state index contributed by atoms with van der Waals surface area (Å²) in [6, 6.07) is 0. The zero-order valence-corrected chi connectivity index (χ0v) is 10.1. The van der Waals surface area contributed by atoms with Gasteiger partial charge in [-0.3, -0.25) is 4.79 Å². The van der Waals surface area contributed by atoms with Crippen molar-refractivity contribution in [2.45, 2.75) is 27.2 Å². The Kier molecular flexibility index (Phi) is 6.01. The van der Waals surface area contributed by atoms with Crippen molar-refractivity contribution in [1.29, 1.82) is 0 Å². The molecule has 0 radical (unpaired) electrons. The molecule has 0 aliphatic carbocycles. The molecule has 4 heteroatoms. The maximum absolute atomic E-state index is 11.4. The van der Waals surface area contributed by atoms with Crippen molar-refractivity contribution in [3.8, 4) is 0 Å². The Balaban J connectivity index is 4.16. The summed E-state index contributed by atoms with van der Waals surface area (Å²) in [6.07, 6.45) is 1.93. The van der Waals surface area contributed by atoms with Gasteiger partial charge in [-0.1, -0.05) is 0 Å². The van der Waals surface area contributed by atoms with Crippen molar-refractivity contribution >= 4 is 5.97 Å². The highest BCUT2D eigenvalue weighted by molar-refractivity contribution is 5.75. The van der Waals surface area contributed by atoms with Gasteiger partial charge in [-0.05, 0) is 20.8 Å². The van der Waals surface area contributed by atoms with E-state index in [9.17, 15) is 4.79 Å². The van der Waals surface area contributed by atoms with Gasteiger partial charge in [0.25, 0.3) is 0 Å². The Morgan fingerprint density at radius 3 is 2.27 bits per heavy atom. The zero-order valence-electron chi connectivity index (χ0n) is 10.1. The molecule has 0 atom stereocenters. The zero-order chi connectivity index (χ0) is 11.9. The van der Waals surface area contributed by atoms with Crippen LogP contribution in [0, 0.1) is 5.41 Å². The summed E-state index contributed by atoms with van der Waals surface area (Å²) < 4.78 is 14.9. The summed E-state index contributed by atoms with van der Waals surface area (Å²) in [5.74, 6) is 0.309. The van der Waals surface area contributed by atoms with E-state index in [4.69, 9.17) is 14.2 Å². The van der Waals surface area contributed by atoms with Gasteiger partial charge in [-0.25, -0.2) is 0 Å². The fraction of sp³-hybridized carbons (Fsp3) is 0.727. The normalized spacial score (nSPS) is 12.5. The molecule has 0 aromatic carbocycles. The van der Waals surface area contributed by atoms with E-state index in [-0.39, 0.29) is 5.97 Å². The second-order valence-electron chi connectivity index (χ2n) is 4.19. The first-order valence-electron chi connectivity index (χ1n) is 4.85. The van der Waals surface area contributed by atoms with E-state index >= 15 is 0 Å². The lowest BCUT2D eigenvalue weighted by molar-refractivity contribution is -0.147. The quantitative estimate of drug-likeness (QED) is 0.521. The Labute approximate surface area is 91.2 Å². The lowest BCUT2D eigenvalue weighted by atomic mass is 9.97. The molecule has 0 amide bonds. The van der Waals surface area contributed by atoms with Crippen molar-refractivity contribution in [3.63, 3.8) is 0 Å². The first-order valence-corrected chi connectivity index (χ1v) is 4.85. The van der Waals surface area contributed by atoms with E-state index in [1.165, 1.54) is 13.4 Å². The second kappa shape index (κ2) is 6.45. The van der Waals surface area contributed by atoms with Crippen LogP contribution in [0.3, 0.4) is 0 Å². The number of rotatable bonds is 5. The van der Waals surface area contributed by atoms with Gasteiger partial charge in [0.15, 0.2) is 0 Å². The Bertz CT molecular complexity index is 225. The smallest absolute Gasteiger partial charge is 0.316 e. The number of hydrogen-bond donors (Lipinski definition) is 0. The van der Waals surface area contributed by atoms with Crippen LogP contribution in [0.1, 0.15) is 27.2 Å². The summed E-state index contributed by atoms with van der Waals surface area (Å²) in [6.45, 7) is 5.92. The average Bonchev–Trinajstić information content (AvgIpc) is 2.16. The lowest BCUT2D eigenvalue weighted by Crippen LogP contribution is -2.21. The first-order chi connectivity index (χ1) is 6.91. The molecule has 0 rings (SSSR count). The molecule has 0 saturated heterocycles. The third-order valence-corrected chi connectivity index (χ3v) is 1.72. The molecule has 0 aliphatic heterocycles. The third kappa shape index (κ3) is 6.12. The predicted octanol–water partition coefficient (Wildman–Crippen LogP) is 2.10. The number of carbonyl (C=O) groups excluding carboxylic acids is 1. The molecular formula is C11H20O4. The minimum absolute atomic E-state index is 0.283. The summed E-state index contributed by atoms with van der Waals surface area (Å²) >= 11 is 0. The molecule has 15 heavy (non-hydrogen) atoms. The largest absolute Gasteiger partial charge is 0.498 e. The molecule has 0 fully saturated rings. The fourth-order valence-corrected chi connectivity index (χ4v) is 0.708. The number of carbonyl (C=O) groups is 1. The minimum atomic E-state index is -0.503. The second-order valence-corrected chi connectivity index (χ2v) is 4.19. The van der Waals surface area contributed by atoms with E-state index in [1.807, 2.05) is 0 Å². The molecule has 0 aliphatic rings. The molecule has 0 aromatic heterocycles. The summed E-state index contributed by atoms with van der Waals surface area (Å²) in [7, 11) is 3.14. The predicted molar refractivity (Wildman–Crippen MR) is 57.1 cm³/mol. The SMILES string of the molecule is COCCC(=COC(=O)C(C)(C)C)OC. The Morgan fingerprint density at radius 2 is 1.87 bits per heavy atom. The third-order valence-electron chi connectivity index (χ3n) is 1.72. The Morgan fingerprint density at radius 1 is 1.27 bits per heavy atom. The molecule has 0 bridgehead atoms. The van der Waals surface area contributed by atoms with Crippen molar-refractivity contribution < 1.29 is 19.0 Å².